The second-order valence-corrected chi connectivity index (χ2v) is 5.38. The summed E-state index contributed by atoms with van der Waals surface area (Å²) in [6.07, 6.45) is 2.14. The highest BCUT2D eigenvalue weighted by Gasteiger charge is 2.23. The number of anilines is 2. The minimum absolute atomic E-state index is 0.307. The Bertz CT molecular complexity index is 482. The van der Waals surface area contributed by atoms with Crippen LogP contribution in [0.3, 0.4) is 0 Å². The van der Waals surface area contributed by atoms with Crippen LogP contribution in [-0.2, 0) is 9.47 Å². The molecule has 0 bridgehead atoms. The van der Waals surface area contributed by atoms with E-state index in [1.165, 1.54) is 0 Å². The zero-order valence-electron chi connectivity index (χ0n) is 12.8. The third-order valence-electron chi connectivity index (χ3n) is 3.87. The second-order valence-electron chi connectivity index (χ2n) is 5.38. The highest BCUT2D eigenvalue weighted by atomic mass is 16.5. The van der Waals surface area contributed by atoms with Crippen LogP contribution in [-0.4, -0.2) is 39.4 Å². The molecule has 5 nitrogen and oxygen atoms in total. The van der Waals surface area contributed by atoms with E-state index in [0.29, 0.717) is 23.8 Å². The Balaban J connectivity index is 2.14. The number of carbonyl (C=O) groups is 1. The van der Waals surface area contributed by atoms with Crippen molar-refractivity contribution in [1.82, 2.24) is 0 Å². The Kier molecular flexibility index (Phi) is 5.44. The number of ether oxygens (including phenoxy) is 2. The lowest BCUT2D eigenvalue weighted by atomic mass is 9.96. The largest absolute Gasteiger partial charge is 0.462 e. The number of nitrogens with two attached hydrogens (primary N) is 1. The molecule has 21 heavy (non-hydrogen) atoms. The zero-order chi connectivity index (χ0) is 15.2. The Labute approximate surface area is 126 Å². The van der Waals surface area contributed by atoms with Gasteiger partial charge in [0.15, 0.2) is 0 Å². The molecule has 2 N–H and O–H groups in total. The summed E-state index contributed by atoms with van der Waals surface area (Å²) in [7, 11) is 1.74. The molecule has 1 saturated heterocycles. The van der Waals surface area contributed by atoms with Crippen molar-refractivity contribution < 1.29 is 14.3 Å². The van der Waals surface area contributed by atoms with Crippen molar-refractivity contribution in [2.75, 3.05) is 44.0 Å². The molecule has 1 aromatic rings. The Morgan fingerprint density at radius 1 is 1.38 bits per heavy atom. The van der Waals surface area contributed by atoms with Crippen LogP contribution in [0, 0.1) is 5.92 Å². The lowest BCUT2D eigenvalue weighted by Crippen LogP contribution is -2.36. The summed E-state index contributed by atoms with van der Waals surface area (Å²) >= 11 is 0. The molecule has 0 saturated carbocycles. The predicted molar refractivity (Wildman–Crippen MR) is 83.6 cm³/mol. The first-order valence-corrected chi connectivity index (χ1v) is 7.46. The molecule has 0 aromatic heterocycles. The van der Waals surface area contributed by atoms with Crippen LogP contribution in [0.5, 0.6) is 0 Å². The molecule has 0 aliphatic carbocycles. The van der Waals surface area contributed by atoms with E-state index in [1.807, 2.05) is 12.1 Å². The summed E-state index contributed by atoms with van der Waals surface area (Å²) in [6, 6.07) is 5.45. The third-order valence-corrected chi connectivity index (χ3v) is 3.87. The van der Waals surface area contributed by atoms with Gasteiger partial charge in [-0.15, -0.1) is 0 Å². The van der Waals surface area contributed by atoms with E-state index in [2.05, 4.69) is 4.90 Å². The molecule has 1 aromatic carbocycles. The van der Waals surface area contributed by atoms with E-state index in [4.69, 9.17) is 15.2 Å². The number of benzene rings is 1. The van der Waals surface area contributed by atoms with Crippen molar-refractivity contribution in [2.24, 2.45) is 5.92 Å². The number of piperidine rings is 1. The molecule has 0 atom stereocenters. The SMILES string of the molecule is CCOC(=O)c1cc(N)ccc1N1CCC(COC)CC1. The summed E-state index contributed by atoms with van der Waals surface area (Å²) in [4.78, 5) is 14.3. The molecule has 1 fully saturated rings. The number of methoxy groups -OCH3 is 1. The maximum Gasteiger partial charge on any atom is 0.340 e. The van der Waals surface area contributed by atoms with E-state index in [9.17, 15) is 4.79 Å². The van der Waals surface area contributed by atoms with Gasteiger partial charge in [-0.1, -0.05) is 0 Å². The summed E-state index contributed by atoms with van der Waals surface area (Å²) in [6.45, 7) is 4.82. The van der Waals surface area contributed by atoms with Crippen LogP contribution in [0.1, 0.15) is 30.1 Å². The van der Waals surface area contributed by atoms with Crippen LogP contribution in [0.4, 0.5) is 11.4 Å². The first kappa shape index (κ1) is 15.6. The van der Waals surface area contributed by atoms with Crippen LogP contribution in [0.25, 0.3) is 0 Å². The van der Waals surface area contributed by atoms with Crippen molar-refractivity contribution in [3.8, 4) is 0 Å². The van der Waals surface area contributed by atoms with Crippen molar-refractivity contribution in [3.05, 3.63) is 23.8 Å². The average Bonchev–Trinajstić information content (AvgIpc) is 2.49. The van der Waals surface area contributed by atoms with Crippen LogP contribution >= 0.6 is 0 Å². The normalized spacial score (nSPS) is 16.0. The second kappa shape index (κ2) is 7.31. The van der Waals surface area contributed by atoms with E-state index < -0.39 is 0 Å². The maximum atomic E-state index is 12.1. The van der Waals surface area contributed by atoms with Gasteiger partial charge in [-0.2, -0.15) is 0 Å². The standard InChI is InChI=1S/C16H24N2O3/c1-3-21-16(19)14-10-13(17)4-5-15(14)18-8-6-12(7-9-18)11-20-2/h4-5,10,12H,3,6-9,11,17H2,1-2H3. The number of hydrogen-bond acceptors (Lipinski definition) is 5. The van der Waals surface area contributed by atoms with E-state index in [0.717, 1.165) is 38.2 Å². The molecule has 5 heteroatoms. The van der Waals surface area contributed by atoms with Crippen LogP contribution in [0.15, 0.2) is 18.2 Å². The monoisotopic (exact) mass is 292 g/mol. The Morgan fingerprint density at radius 2 is 2.10 bits per heavy atom. The van der Waals surface area contributed by atoms with Crippen molar-refractivity contribution in [3.63, 3.8) is 0 Å². The molecule has 0 spiro atoms. The molecule has 0 amide bonds. The minimum Gasteiger partial charge on any atom is -0.462 e. The van der Waals surface area contributed by atoms with E-state index in [-0.39, 0.29) is 5.97 Å². The van der Waals surface area contributed by atoms with Crippen molar-refractivity contribution in [2.45, 2.75) is 19.8 Å². The number of nitrogens with zero attached hydrogens (tertiary/aromatic N) is 1. The first-order valence-electron chi connectivity index (χ1n) is 7.46. The number of nitrogen functional groups attached to an aromatic ring is 1. The maximum absolute atomic E-state index is 12.1. The molecular weight excluding hydrogens is 268 g/mol. The van der Waals surface area contributed by atoms with Gasteiger partial charge in [0, 0.05) is 32.5 Å². The highest BCUT2D eigenvalue weighted by molar-refractivity contribution is 5.97. The molecule has 0 radical (unpaired) electrons. The summed E-state index contributed by atoms with van der Waals surface area (Å²) < 4.78 is 10.4. The highest BCUT2D eigenvalue weighted by Crippen LogP contribution is 2.28. The number of hydrogen-bond donors (Lipinski definition) is 1. The predicted octanol–water partition coefficient (Wildman–Crippen LogP) is 2.31. The fourth-order valence-corrected chi connectivity index (χ4v) is 2.78. The van der Waals surface area contributed by atoms with Gasteiger partial charge in [0.05, 0.1) is 17.9 Å². The van der Waals surface area contributed by atoms with Gasteiger partial charge in [-0.3, -0.25) is 0 Å². The number of carbonyl (C=O) groups excluding carboxylic acids is 1. The molecule has 0 unspecified atom stereocenters. The lowest BCUT2D eigenvalue weighted by molar-refractivity contribution is 0.0527. The number of rotatable bonds is 5. The van der Waals surface area contributed by atoms with Gasteiger partial charge in [-0.25, -0.2) is 4.79 Å². The van der Waals surface area contributed by atoms with E-state index in [1.54, 1.807) is 20.1 Å². The quantitative estimate of drug-likeness (QED) is 0.666. The Morgan fingerprint density at radius 3 is 2.71 bits per heavy atom. The molecule has 1 heterocycles. The minimum atomic E-state index is -0.307. The lowest BCUT2D eigenvalue weighted by Gasteiger charge is -2.34. The van der Waals surface area contributed by atoms with E-state index >= 15 is 0 Å². The summed E-state index contributed by atoms with van der Waals surface area (Å²) in [5, 5.41) is 0. The van der Waals surface area contributed by atoms with Gasteiger partial charge < -0.3 is 20.1 Å². The number of esters is 1. The van der Waals surface area contributed by atoms with Gasteiger partial charge in [-0.05, 0) is 43.9 Å². The fourth-order valence-electron chi connectivity index (χ4n) is 2.78. The fraction of sp³-hybridized carbons (Fsp3) is 0.562. The van der Waals surface area contributed by atoms with Crippen molar-refractivity contribution >= 4 is 17.3 Å². The molecule has 1 aliphatic rings. The first-order chi connectivity index (χ1) is 10.2. The van der Waals surface area contributed by atoms with Crippen molar-refractivity contribution in [1.29, 1.82) is 0 Å². The van der Waals surface area contributed by atoms with Crippen LogP contribution < -0.4 is 10.6 Å². The topological polar surface area (TPSA) is 64.8 Å². The molecule has 1 aliphatic heterocycles. The summed E-state index contributed by atoms with van der Waals surface area (Å²) in [5.41, 5.74) is 7.86. The Hall–Kier alpha value is -1.75. The smallest absolute Gasteiger partial charge is 0.340 e. The average molecular weight is 292 g/mol. The summed E-state index contributed by atoms with van der Waals surface area (Å²) in [5.74, 6) is 0.296. The molecular formula is C16H24N2O3. The van der Waals surface area contributed by atoms with Gasteiger partial charge in [0.2, 0.25) is 0 Å². The molecule has 116 valence electrons. The van der Waals surface area contributed by atoms with Gasteiger partial charge in [0.1, 0.15) is 0 Å². The van der Waals surface area contributed by atoms with Gasteiger partial charge in [0.25, 0.3) is 0 Å². The van der Waals surface area contributed by atoms with Gasteiger partial charge >= 0.3 is 5.97 Å². The molecule has 2 rings (SSSR count). The third kappa shape index (κ3) is 3.88. The van der Waals surface area contributed by atoms with Crippen LogP contribution in [0.2, 0.25) is 0 Å². The zero-order valence-corrected chi connectivity index (χ0v) is 12.8.